The van der Waals surface area contributed by atoms with E-state index in [9.17, 15) is 14.4 Å². The highest BCUT2D eigenvalue weighted by molar-refractivity contribution is 5.79. The van der Waals surface area contributed by atoms with Gasteiger partial charge in [0.25, 0.3) is 0 Å². The summed E-state index contributed by atoms with van der Waals surface area (Å²) in [6, 6.07) is 0. The third-order valence-electron chi connectivity index (χ3n) is 2.13. The molecule has 0 aliphatic heterocycles. The number of rotatable bonds is 12. The van der Waals surface area contributed by atoms with E-state index >= 15 is 0 Å². The van der Waals surface area contributed by atoms with Crippen molar-refractivity contribution in [1.29, 1.82) is 0 Å². The van der Waals surface area contributed by atoms with Crippen molar-refractivity contribution < 1.29 is 23.9 Å². The molecule has 0 N–H and O–H groups in total. The van der Waals surface area contributed by atoms with E-state index in [0.717, 1.165) is 0 Å². The van der Waals surface area contributed by atoms with Crippen molar-refractivity contribution in [1.82, 2.24) is 0 Å². The minimum atomic E-state index is -0.0184. The molecule has 0 spiro atoms. The molecule has 0 aromatic heterocycles. The van der Waals surface area contributed by atoms with Gasteiger partial charge in [-0.1, -0.05) is 0 Å². The van der Waals surface area contributed by atoms with Gasteiger partial charge in [0.2, 0.25) is 0 Å². The van der Waals surface area contributed by atoms with E-state index in [1.165, 1.54) is 13.8 Å². The van der Waals surface area contributed by atoms with Crippen molar-refractivity contribution in [3.8, 4) is 0 Å². The van der Waals surface area contributed by atoms with Crippen molar-refractivity contribution >= 4 is 17.3 Å². The molecule has 0 aromatic rings. The molecule has 18 heavy (non-hydrogen) atoms. The molecule has 0 bridgehead atoms. The SMILES string of the molecule is CC(=O)CCCOCC(=O)CCCOCC(C)=O. The van der Waals surface area contributed by atoms with Gasteiger partial charge in [0.1, 0.15) is 19.0 Å². The Morgan fingerprint density at radius 3 is 1.89 bits per heavy atom. The Morgan fingerprint density at radius 1 is 0.778 bits per heavy atom. The molecule has 0 aliphatic carbocycles. The highest BCUT2D eigenvalue weighted by Crippen LogP contribution is 1.96. The number of Topliss-reactive ketones (excluding diaryl/α,β-unsaturated/α-hetero) is 3. The van der Waals surface area contributed by atoms with E-state index in [2.05, 4.69) is 0 Å². The Balaban J connectivity index is 3.27. The monoisotopic (exact) mass is 258 g/mol. The van der Waals surface area contributed by atoms with Gasteiger partial charge in [-0.2, -0.15) is 0 Å². The number of carbonyl (C=O) groups excluding carboxylic acids is 3. The first-order valence-electron chi connectivity index (χ1n) is 6.18. The van der Waals surface area contributed by atoms with Crippen molar-refractivity contribution in [3.63, 3.8) is 0 Å². The number of hydrogen-bond acceptors (Lipinski definition) is 5. The summed E-state index contributed by atoms with van der Waals surface area (Å²) >= 11 is 0. The highest BCUT2D eigenvalue weighted by atomic mass is 16.5. The van der Waals surface area contributed by atoms with Crippen LogP contribution in [0.4, 0.5) is 0 Å². The molecule has 0 amide bonds. The Morgan fingerprint density at radius 2 is 1.33 bits per heavy atom. The maximum atomic E-state index is 11.3. The average Bonchev–Trinajstić information content (AvgIpc) is 2.27. The molecule has 0 rings (SSSR count). The van der Waals surface area contributed by atoms with E-state index in [-0.39, 0.29) is 30.6 Å². The first kappa shape index (κ1) is 16.9. The van der Waals surface area contributed by atoms with Gasteiger partial charge in [0.05, 0.1) is 0 Å². The van der Waals surface area contributed by atoms with Crippen LogP contribution in [0.25, 0.3) is 0 Å². The fraction of sp³-hybridized carbons (Fsp3) is 0.769. The summed E-state index contributed by atoms with van der Waals surface area (Å²) in [6.07, 6.45) is 2.14. The van der Waals surface area contributed by atoms with Crippen LogP contribution in [0.5, 0.6) is 0 Å². The lowest BCUT2D eigenvalue weighted by Gasteiger charge is -2.03. The topological polar surface area (TPSA) is 69.7 Å². The normalized spacial score (nSPS) is 10.3. The molecule has 0 aliphatic rings. The largest absolute Gasteiger partial charge is 0.374 e. The predicted molar refractivity (Wildman–Crippen MR) is 66.5 cm³/mol. The van der Waals surface area contributed by atoms with E-state index in [0.29, 0.717) is 38.9 Å². The predicted octanol–water partition coefficient (Wildman–Crippen LogP) is 1.33. The molecular weight excluding hydrogens is 236 g/mol. The van der Waals surface area contributed by atoms with Crippen LogP contribution in [-0.2, 0) is 23.9 Å². The maximum absolute atomic E-state index is 11.3. The molecule has 0 fully saturated rings. The van der Waals surface area contributed by atoms with Gasteiger partial charge in [-0.15, -0.1) is 0 Å². The van der Waals surface area contributed by atoms with E-state index in [1.807, 2.05) is 0 Å². The summed E-state index contributed by atoms with van der Waals surface area (Å²) in [5, 5.41) is 0. The number of ketones is 3. The first-order valence-corrected chi connectivity index (χ1v) is 6.18. The minimum Gasteiger partial charge on any atom is -0.374 e. The summed E-state index contributed by atoms with van der Waals surface area (Å²) < 4.78 is 10.2. The summed E-state index contributed by atoms with van der Waals surface area (Å²) in [6.45, 7) is 4.04. The third kappa shape index (κ3) is 13.0. The first-order chi connectivity index (χ1) is 8.52. The lowest BCUT2D eigenvalue weighted by Crippen LogP contribution is -2.11. The highest BCUT2D eigenvalue weighted by Gasteiger charge is 2.02. The van der Waals surface area contributed by atoms with Gasteiger partial charge in [-0.3, -0.25) is 9.59 Å². The van der Waals surface area contributed by atoms with Gasteiger partial charge in [-0.05, 0) is 26.7 Å². The molecule has 5 nitrogen and oxygen atoms in total. The molecule has 0 unspecified atom stereocenters. The second-order valence-electron chi connectivity index (χ2n) is 4.25. The van der Waals surface area contributed by atoms with E-state index < -0.39 is 0 Å². The standard InChI is InChI=1S/C13H22O5/c1-11(14)5-3-7-18-10-13(16)6-4-8-17-9-12(2)15/h3-10H2,1-2H3. The molecular formula is C13H22O5. The Kier molecular flexibility index (Phi) is 10.4. The van der Waals surface area contributed by atoms with Crippen molar-refractivity contribution in [2.75, 3.05) is 26.4 Å². The van der Waals surface area contributed by atoms with Crippen molar-refractivity contribution in [2.45, 2.75) is 39.5 Å². The molecule has 0 heterocycles. The van der Waals surface area contributed by atoms with Crippen LogP contribution >= 0.6 is 0 Å². The molecule has 0 radical (unpaired) electrons. The Hall–Kier alpha value is -1.07. The number of ether oxygens (including phenoxy) is 2. The number of hydrogen-bond donors (Lipinski definition) is 0. The van der Waals surface area contributed by atoms with Crippen molar-refractivity contribution in [3.05, 3.63) is 0 Å². The van der Waals surface area contributed by atoms with E-state index in [4.69, 9.17) is 9.47 Å². The fourth-order valence-corrected chi connectivity index (χ4v) is 1.27. The van der Waals surface area contributed by atoms with Crippen LogP contribution in [0.3, 0.4) is 0 Å². The lowest BCUT2D eigenvalue weighted by atomic mass is 10.2. The molecule has 104 valence electrons. The summed E-state index contributed by atoms with van der Waals surface area (Å²) in [5.74, 6) is 0.131. The van der Waals surface area contributed by atoms with Crippen LogP contribution in [0.15, 0.2) is 0 Å². The molecule has 5 heteroatoms. The Labute approximate surface area is 108 Å². The maximum Gasteiger partial charge on any atom is 0.158 e. The molecule has 0 saturated carbocycles. The van der Waals surface area contributed by atoms with Gasteiger partial charge >= 0.3 is 0 Å². The third-order valence-corrected chi connectivity index (χ3v) is 2.13. The van der Waals surface area contributed by atoms with Crippen LogP contribution < -0.4 is 0 Å². The Bertz CT molecular complexity index is 247. The fourth-order valence-electron chi connectivity index (χ4n) is 1.27. The van der Waals surface area contributed by atoms with Crippen LogP contribution in [0.1, 0.15) is 39.5 Å². The van der Waals surface area contributed by atoms with Crippen LogP contribution in [-0.4, -0.2) is 43.8 Å². The van der Waals surface area contributed by atoms with Gasteiger partial charge in [0.15, 0.2) is 11.6 Å². The number of carbonyl (C=O) groups is 3. The lowest BCUT2D eigenvalue weighted by molar-refractivity contribution is -0.124. The molecule has 0 atom stereocenters. The zero-order valence-corrected chi connectivity index (χ0v) is 11.2. The second-order valence-corrected chi connectivity index (χ2v) is 4.25. The van der Waals surface area contributed by atoms with Gasteiger partial charge < -0.3 is 14.3 Å². The molecule has 0 saturated heterocycles. The zero-order chi connectivity index (χ0) is 13.8. The molecule has 0 aromatic carbocycles. The summed E-state index contributed by atoms with van der Waals surface area (Å²) in [4.78, 5) is 32.5. The van der Waals surface area contributed by atoms with Crippen molar-refractivity contribution in [2.24, 2.45) is 0 Å². The van der Waals surface area contributed by atoms with E-state index in [1.54, 1.807) is 0 Å². The van der Waals surface area contributed by atoms with Gasteiger partial charge in [-0.25, -0.2) is 0 Å². The smallest absolute Gasteiger partial charge is 0.158 e. The van der Waals surface area contributed by atoms with Crippen LogP contribution in [0.2, 0.25) is 0 Å². The summed E-state index contributed by atoms with van der Waals surface area (Å²) in [5.41, 5.74) is 0. The minimum absolute atomic E-state index is 0.0178. The average molecular weight is 258 g/mol. The van der Waals surface area contributed by atoms with Gasteiger partial charge in [0, 0.05) is 26.1 Å². The zero-order valence-electron chi connectivity index (χ0n) is 11.2. The van der Waals surface area contributed by atoms with Crippen LogP contribution in [0, 0.1) is 0 Å². The second kappa shape index (κ2) is 11.0. The summed E-state index contributed by atoms with van der Waals surface area (Å²) in [7, 11) is 0. The quantitative estimate of drug-likeness (QED) is 0.494.